The molecular weight excluding hydrogens is 448 g/mol. The van der Waals surface area contributed by atoms with Crippen molar-refractivity contribution in [1.82, 2.24) is 10.6 Å². The smallest absolute Gasteiger partial charge is 0.253 e. The van der Waals surface area contributed by atoms with Crippen LogP contribution in [-0.2, 0) is 0 Å². The van der Waals surface area contributed by atoms with Crippen LogP contribution < -0.4 is 16.0 Å². The van der Waals surface area contributed by atoms with Crippen molar-refractivity contribution in [3.05, 3.63) is 64.2 Å². The highest BCUT2D eigenvalue weighted by Crippen LogP contribution is 2.29. The third kappa shape index (κ3) is 6.70. The average Bonchev–Trinajstić information content (AvgIpc) is 2.56. The zero-order valence-corrected chi connectivity index (χ0v) is 18.3. The molecule has 0 saturated carbocycles. The van der Waals surface area contributed by atoms with Crippen LogP contribution in [0.15, 0.2) is 42.5 Å². The standard InChI is InChI=1S/C18H17Cl4N3OS/c1-10-6-7-14(8-11(10)2)23-17(27)25-16(18(20,21)22)24-15(26)12-4-3-5-13(19)9-12/h3-9,16H,1-2H3,(H,24,26)(H2,23,25,27). The van der Waals surface area contributed by atoms with E-state index in [1.165, 1.54) is 6.07 Å². The van der Waals surface area contributed by atoms with Gasteiger partial charge in [-0.05, 0) is 67.5 Å². The average molecular weight is 465 g/mol. The molecule has 2 aromatic carbocycles. The van der Waals surface area contributed by atoms with Crippen LogP contribution in [0.5, 0.6) is 0 Å². The van der Waals surface area contributed by atoms with Gasteiger partial charge in [-0.15, -0.1) is 0 Å². The second kappa shape index (κ2) is 9.30. The first-order valence-corrected chi connectivity index (χ1v) is 9.76. The summed E-state index contributed by atoms with van der Waals surface area (Å²) in [4.78, 5) is 12.4. The molecule has 0 heterocycles. The van der Waals surface area contributed by atoms with Gasteiger partial charge < -0.3 is 16.0 Å². The van der Waals surface area contributed by atoms with Crippen molar-refractivity contribution in [2.45, 2.75) is 23.8 Å². The zero-order valence-electron chi connectivity index (χ0n) is 14.4. The van der Waals surface area contributed by atoms with Crippen LogP contribution in [0.1, 0.15) is 21.5 Å². The number of anilines is 1. The maximum absolute atomic E-state index is 12.4. The van der Waals surface area contributed by atoms with Crippen LogP contribution in [0.3, 0.4) is 0 Å². The number of aryl methyl sites for hydroxylation is 2. The molecule has 0 fully saturated rings. The van der Waals surface area contributed by atoms with E-state index in [0.717, 1.165) is 16.8 Å². The summed E-state index contributed by atoms with van der Waals surface area (Å²) in [5, 5.41) is 9.05. The summed E-state index contributed by atoms with van der Waals surface area (Å²) in [5.41, 5.74) is 3.37. The molecule has 0 aliphatic heterocycles. The monoisotopic (exact) mass is 463 g/mol. The molecule has 2 aromatic rings. The maximum atomic E-state index is 12.4. The number of nitrogens with one attached hydrogen (secondary N) is 3. The molecular formula is C18H17Cl4N3OS. The minimum Gasteiger partial charge on any atom is -0.339 e. The Bertz CT molecular complexity index is 855. The molecule has 3 N–H and O–H groups in total. The number of benzene rings is 2. The van der Waals surface area contributed by atoms with Crippen molar-refractivity contribution in [3.8, 4) is 0 Å². The molecule has 0 aliphatic carbocycles. The van der Waals surface area contributed by atoms with Crippen molar-refractivity contribution >= 4 is 75.3 Å². The SMILES string of the molecule is Cc1ccc(NC(=S)NC(NC(=O)c2cccc(Cl)c2)C(Cl)(Cl)Cl)cc1C. The molecule has 9 heteroatoms. The van der Waals surface area contributed by atoms with Crippen LogP contribution in [0, 0.1) is 13.8 Å². The fraction of sp³-hybridized carbons (Fsp3) is 0.222. The normalized spacial score (nSPS) is 12.2. The van der Waals surface area contributed by atoms with Gasteiger partial charge in [0, 0.05) is 16.3 Å². The zero-order chi connectivity index (χ0) is 20.2. The fourth-order valence-corrected chi connectivity index (χ4v) is 2.91. The topological polar surface area (TPSA) is 53.2 Å². The summed E-state index contributed by atoms with van der Waals surface area (Å²) >= 11 is 29.2. The summed E-state index contributed by atoms with van der Waals surface area (Å²) in [6.45, 7) is 4.01. The van der Waals surface area contributed by atoms with Gasteiger partial charge in [-0.2, -0.15) is 0 Å². The molecule has 0 aliphatic rings. The molecule has 0 aromatic heterocycles. The van der Waals surface area contributed by atoms with E-state index in [9.17, 15) is 4.79 Å². The minimum absolute atomic E-state index is 0.195. The summed E-state index contributed by atoms with van der Waals surface area (Å²) in [7, 11) is 0. The van der Waals surface area contributed by atoms with E-state index in [1.54, 1.807) is 18.2 Å². The highest BCUT2D eigenvalue weighted by molar-refractivity contribution is 7.80. The van der Waals surface area contributed by atoms with Gasteiger partial charge in [-0.3, -0.25) is 4.79 Å². The molecule has 144 valence electrons. The summed E-state index contributed by atoms with van der Waals surface area (Å²) in [5.74, 6) is -0.463. The lowest BCUT2D eigenvalue weighted by atomic mass is 10.1. The van der Waals surface area contributed by atoms with Gasteiger partial charge >= 0.3 is 0 Å². The number of carbonyl (C=O) groups is 1. The largest absolute Gasteiger partial charge is 0.339 e. The van der Waals surface area contributed by atoms with Crippen molar-refractivity contribution < 1.29 is 4.79 Å². The third-order valence-corrected chi connectivity index (χ3v) is 4.84. The quantitative estimate of drug-likeness (QED) is 0.323. The number of thiocarbonyl (C=S) groups is 1. The molecule has 27 heavy (non-hydrogen) atoms. The second-order valence-corrected chi connectivity index (χ2v) is 9.07. The highest BCUT2D eigenvalue weighted by Gasteiger charge is 2.35. The molecule has 0 saturated heterocycles. The predicted octanol–water partition coefficient (Wildman–Crippen LogP) is 5.37. The van der Waals surface area contributed by atoms with Gasteiger partial charge in [0.2, 0.25) is 3.79 Å². The van der Waals surface area contributed by atoms with Crippen LogP contribution in [0.2, 0.25) is 5.02 Å². The van der Waals surface area contributed by atoms with E-state index in [4.69, 9.17) is 58.6 Å². The summed E-state index contributed by atoms with van der Waals surface area (Å²) in [6, 6.07) is 12.2. The molecule has 0 bridgehead atoms. The van der Waals surface area contributed by atoms with E-state index in [-0.39, 0.29) is 5.11 Å². The Labute approximate surface area is 183 Å². The molecule has 2 rings (SSSR count). The summed E-state index contributed by atoms with van der Waals surface area (Å²) < 4.78 is -1.84. The van der Waals surface area contributed by atoms with Gasteiger partial charge in [-0.1, -0.05) is 58.5 Å². The first-order chi connectivity index (χ1) is 12.6. The molecule has 1 unspecified atom stereocenters. The third-order valence-electron chi connectivity index (χ3n) is 3.73. The Morgan fingerprint density at radius 2 is 1.74 bits per heavy atom. The highest BCUT2D eigenvalue weighted by atomic mass is 35.6. The molecule has 1 atom stereocenters. The van der Waals surface area contributed by atoms with Gasteiger partial charge in [-0.25, -0.2) is 0 Å². The van der Waals surface area contributed by atoms with E-state index in [0.29, 0.717) is 10.6 Å². The van der Waals surface area contributed by atoms with Crippen LogP contribution in [0.4, 0.5) is 5.69 Å². The number of rotatable bonds is 4. The van der Waals surface area contributed by atoms with E-state index >= 15 is 0 Å². The molecule has 0 radical (unpaired) electrons. The van der Waals surface area contributed by atoms with E-state index < -0.39 is 15.9 Å². The van der Waals surface area contributed by atoms with Gasteiger partial charge in [0.1, 0.15) is 6.17 Å². The lowest BCUT2D eigenvalue weighted by Crippen LogP contribution is -2.56. The lowest BCUT2D eigenvalue weighted by Gasteiger charge is -2.28. The van der Waals surface area contributed by atoms with E-state index in [1.807, 2.05) is 32.0 Å². The number of alkyl halides is 3. The first-order valence-electron chi connectivity index (χ1n) is 7.84. The Kier molecular flexibility index (Phi) is 7.60. The predicted molar refractivity (Wildman–Crippen MR) is 118 cm³/mol. The van der Waals surface area contributed by atoms with Crippen LogP contribution in [-0.4, -0.2) is 21.0 Å². The van der Waals surface area contributed by atoms with Crippen molar-refractivity contribution in [2.75, 3.05) is 5.32 Å². The van der Waals surface area contributed by atoms with Gasteiger partial charge in [0.15, 0.2) is 5.11 Å². The summed E-state index contributed by atoms with van der Waals surface area (Å²) in [6.07, 6.45) is -1.07. The number of hydrogen-bond acceptors (Lipinski definition) is 2. The Morgan fingerprint density at radius 1 is 1.04 bits per heavy atom. The second-order valence-electron chi connectivity index (χ2n) is 5.86. The number of hydrogen-bond donors (Lipinski definition) is 3. The first kappa shape index (κ1) is 22.1. The number of carbonyl (C=O) groups excluding carboxylic acids is 1. The van der Waals surface area contributed by atoms with Crippen LogP contribution >= 0.6 is 58.6 Å². The molecule has 4 nitrogen and oxygen atoms in total. The van der Waals surface area contributed by atoms with Crippen molar-refractivity contribution in [3.63, 3.8) is 0 Å². The number of halogens is 4. The minimum atomic E-state index is -1.84. The molecule has 1 amide bonds. The Morgan fingerprint density at radius 3 is 2.33 bits per heavy atom. The van der Waals surface area contributed by atoms with Gasteiger partial charge in [0.05, 0.1) is 0 Å². The van der Waals surface area contributed by atoms with Crippen molar-refractivity contribution in [1.29, 1.82) is 0 Å². The van der Waals surface area contributed by atoms with Gasteiger partial charge in [0.25, 0.3) is 5.91 Å². The Balaban J connectivity index is 2.08. The number of amides is 1. The maximum Gasteiger partial charge on any atom is 0.253 e. The Hall–Kier alpha value is -1.24. The lowest BCUT2D eigenvalue weighted by molar-refractivity contribution is 0.0934. The fourth-order valence-electron chi connectivity index (χ4n) is 2.16. The molecule has 0 spiro atoms. The van der Waals surface area contributed by atoms with Crippen LogP contribution in [0.25, 0.3) is 0 Å². The van der Waals surface area contributed by atoms with Crippen molar-refractivity contribution in [2.24, 2.45) is 0 Å². The van der Waals surface area contributed by atoms with E-state index in [2.05, 4.69) is 16.0 Å².